The fraction of sp³-hybridized carbons (Fsp3) is 0.250. The summed E-state index contributed by atoms with van der Waals surface area (Å²) in [4.78, 5) is 0. The van der Waals surface area contributed by atoms with E-state index in [-0.39, 0.29) is 11.6 Å². The number of rotatable bonds is 4. The van der Waals surface area contributed by atoms with Crippen molar-refractivity contribution >= 4 is 15.9 Å². The molecule has 1 unspecified atom stereocenters. The topological polar surface area (TPSA) is 35.2 Å². The minimum atomic E-state index is -0.673. The third kappa shape index (κ3) is 3.02. The number of ether oxygens (including phenoxy) is 1. The molecule has 0 saturated heterocycles. The van der Waals surface area contributed by atoms with Crippen molar-refractivity contribution in [3.05, 3.63) is 63.9 Å². The van der Waals surface area contributed by atoms with Crippen LogP contribution in [0.2, 0.25) is 0 Å². The molecule has 106 valence electrons. The molecule has 0 aliphatic carbocycles. The van der Waals surface area contributed by atoms with Crippen LogP contribution in [0.25, 0.3) is 0 Å². The molecule has 0 spiro atoms. The first-order valence-corrected chi connectivity index (χ1v) is 7.10. The molecule has 0 amide bonds. The maximum atomic E-state index is 14.2. The Morgan fingerprint density at radius 3 is 2.55 bits per heavy atom. The summed E-state index contributed by atoms with van der Waals surface area (Å²) in [6, 6.07) is 12.8. The Morgan fingerprint density at radius 2 is 1.90 bits per heavy atom. The standard InChI is InChI=1S/C16H17BrFNO/c1-16(19,12-7-3-4-8-13(12)17)10-11-6-5-9-14(20-2)15(11)18/h3-9H,10,19H2,1-2H3. The van der Waals surface area contributed by atoms with Crippen LogP contribution in [0.4, 0.5) is 4.39 Å². The molecular weight excluding hydrogens is 321 g/mol. The van der Waals surface area contributed by atoms with Crippen LogP contribution in [0.3, 0.4) is 0 Å². The lowest BCUT2D eigenvalue weighted by atomic mass is 9.86. The normalized spacial score (nSPS) is 13.8. The zero-order valence-electron chi connectivity index (χ0n) is 11.5. The fourth-order valence-electron chi connectivity index (χ4n) is 2.27. The molecule has 2 N–H and O–H groups in total. The van der Waals surface area contributed by atoms with E-state index in [1.807, 2.05) is 31.2 Å². The minimum absolute atomic E-state index is 0.241. The van der Waals surface area contributed by atoms with Crippen molar-refractivity contribution in [3.8, 4) is 5.75 Å². The van der Waals surface area contributed by atoms with Crippen molar-refractivity contribution in [3.63, 3.8) is 0 Å². The van der Waals surface area contributed by atoms with Crippen LogP contribution in [0.5, 0.6) is 5.75 Å². The molecule has 0 saturated carbocycles. The van der Waals surface area contributed by atoms with Gasteiger partial charge in [-0.3, -0.25) is 0 Å². The summed E-state index contributed by atoms with van der Waals surface area (Å²) in [6.07, 6.45) is 0.388. The fourth-order valence-corrected chi connectivity index (χ4v) is 3.00. The number of hydrogen-bond donors (Lipinski definition) is 1. The largest absolute Gasteiger partial charge is 0.494 e. The zero-order chi connectivity index (χ0) is 14.8. The lowest BCUT2D eigenvalue weighted by Crippen LogP contribution is -2.36. The SMILES string of the molecule is COc1cccc(CC(C)(N)c2ccccc2Br)c1F. The molecule has 2 nitrogen and oxygen atoms in total. The van der Waals surface area contributed by atoms with Crippen molar-refractivity contribution in [2.24, 2.45) is 5.73 Å². The lowest BCUT2D eigenvalue weighted by Gasteiger charge is -2.27. The van der Waals surface area contributed by atoms with Crippen LogP contribution in [0, 0.1) is 5.82 Å². The Labute approximate surface area is 126 Å². The van der Waals surface area contributed by atoms with Gasteiger partial charge in [-0.25, -0.2) is 4.39 Å². The molecule has 2 aromatic carbocycles. The van der Waals surface area contributed by atoms with E-state index >= 15 is 0 Å². The van der Waals surface area contributed by atoms with Gasteiger partial charge in [-0.05, 0) is 36.6 Å². The predicted octanol–water partition coefficient (Wildman–Crippen LogP) is 4.01. The monoisotopic (exact) mass is 337 g/mol. The van der Waals surface area contributed by atoms with E-state index in [4.69, 9.17) is 10.5 Å². The minimum Gasteiger partial charge on any atom is -0.494 e. The van der Waals surface area contributed by atoms with Gasteiger partial charge >= 0.3 is 0 Å². The second-order valence-electron chi connectivity index (χ2n) is 5.01. The van der Waals surface area contributed by atoms with Gasteiger partial charge in [0.15, 0.2) is 11.6 Å². The van der Waals surface area contributed by atoms with E-state index in [2.05, 4.69) is 15.9 Å². The average molecular weight is 338 g/mol. The number of methoxy groups -OCH3 is 1. The van der Waals surface area contributed by atoms with Crippen LogP contribution >= 0.6 is 15.9 Å². The summed E-state index contributed by atoms with van der Waals surface area (Å²) in [5, 5.41) is 0. The Hall–Kier alpha value is -1.39. The highest BCUT2D eigenvalue weighted by atomic mass is 79.9. The molecule has 0 heterocycles. The summed E-state index contributed by atoms with van der Waals surface area (Å²) >= 11 is 3.49. The Bertz CT molecular complexity index is 613. The van der Waals surface area contributed by atoms with E-state index in [0.717, 1.165) is 10.0 Å². The predicted molar refractivity (Wildman–Crippen MR) is 82.3 cm³/mol. The van der Waals surface area contributed by atoms with Crippen molar-refractivity contribution in [1.29, 1.82) is 0 Å². The van der Waals surface area contributed by atoms with E-state index in [9.17, 15) is 4.39 Å². The van der Waals surface area contributed by atoms with Crippen molar-refractivity contribution in [2.45, 2.75) is 18.9 Å². The van der Waals surface area contributed by atoms with Crippen molar-refractivity contribution in [1.82, 2.24) is 0 Å². The molecule has 1 atom stereocenters. The van der Waals surface area contributed by atoms with E-state index in [1.165, 1.54) is 7.11 Å². The molecule has 0 aromatic heterocycles. The zero-order valence-corrected chi connectivity index (χ0v) is 13.1. The number of benzene rings is 2. The van der Waals surface area contributed by atoms with Crippen molar-refractivity contribution < 1.29 is 9.13 Å². The number of hydrogen-bond acceptors (Lipinski definition) is 2. The summed E-state index contributed by atoms with van der Waals surface area (Å²) in [7, 11) is 1.46. The smallest absolute Gasteiger partial charge is 0.168 e. The van der Waals surface area contributed by atoms with Crippen LogP contribution < -0.4 is 10.5 Å². The molecule has 0 aliphatic heterocycles. The maximum Gasteiger partial charge on any atom is 0.168 e. The Balaban J connectivity index is 2.36. The first kappa shape index (κ1) is 15.0. The van der Waals surface area contributed by atoms with Crippen molar-refractivity contribution in [2.75, 3.05) is 7.11 Å². The highest BCUT2D eigenvalue weighted by Gasteiger charge is 2.26. The first-order valence-electron chi connectivity index (χ1n) is 6.31. The molecule has 2 rings (SSSR count). The Morgan fingerprint density at radius 1 is 1.20 bits per heavy atom. The lowest BCUT2D eigenvalue weighted by molar-refractivity contribution is 0.380. The van der Waals surface area contributed by atoms with Gasteiger partial charge in [0.1, 0.15) is 0 Å². The molecule has 0 aliphatic rings. The first-order chi connectivity index (χ1) is 9.45. The highest BCUT2D eigenvalue weighted by molar-refractivity contribution is 9.10. The maximum absolute atomic E-state index is 14.2. The number of halogens is 2. The summed E-state index contributed by atoms with van der Waals surface area (Å²) < 4.78 is 20.2. The van der Waals surface area contributed by atoms with Gasteiger partial charge in [0, 0.05) is 10.0 Å². The number of nitrogens with two attached hydrogens (primary N) is 1. The molecule has 2 aromatic rings. The molecule has 0 bridgehead atoms. The van der Waals surface area contributed by atoms with Crippen LogP contribution in [-0.2, 0) is 12.0 Å². The Kier molecular flexibility index (Phi) is 4.45. The van der Waals surface area contributed by atoms with Crippen LogP contribution in [0.1, 0.15) is 18.1 Å². The van der Waals surface area contributed by atoms with Gasteiger partial charge in [0.25, 0.3) is 0 Å². The molecule has 20 heavy (non-hydrogen) atoms. The summed E-state index contributed by atoms with van der Waals surface area (Å²) in [6.45, 7) is 1.89. The van der Waals surface area contributed by atoms with Crippen LogP contribution in [-0.4, -0.2) is 7.11 Å². The molecular formula is C16H17BrFNO. The van der Waals surface area contributed by atoms with Gasteiger partial charge < -0.3 is 10.5 Å². The van der Waals surface area contributed by atoms with E-state index in [0.29, 0.717) is 12.0 Å². The third-order valence-corrected chi connectivity index (χ3v) is 4.00. The quantitative estimate of drug-likeness (QED) is 0.914. The average Bonchev–Trinajstić information content (AvgIpc) is 2.41. The second kappa shape index (κ2) is 5.94. The van der Waals surface area contributed by atoms with E-state index < -0.39 is 5.54 Å². The molecule has 0 radical (unpaired) electrons. The van der Waals surface area contributed by atoms with Gasteiger partial charge in [0.2, 0.25) is 0 Å². The van der Waals surface area contributed by atoms with Gasteiger partial charge in [-0.2, -0.15) is 0 Å². The highest BCUT2D eigenvalue weighted by Crippen LogP contribution is 2.31. The summed E-state index contributed by atoms with van der Waals surface area (Å²) in [5.41, 5.74) is 7.21. The second-order valence-corrected chi connectivity index (χ2v) is 5.86. The van der Waals surface area contributed by atoms with Crippen LogP contribution in [0.15, 0.2) is 46.9 Å². The van der Waals surface area contributed by atoms with Gasteiger partial charge in [-0.1, -0.05) is 46.3 Å². The molecule has 0 fully saturated rings. The van der Waals surface area contributed by atoms with E-state index in [1.54, 1.807) is 18.2 Å². The molecule has 4 heteroatoms. The van der Waals surface area contributed by atoms with Gasteiger partial charge in [0.05, 0.1) is 7.11 Å². The van der Waals surface area contributed by atoms with Gasteiger partial charge in [-0.15, -0.1) is 0 Å². The third-order valence-electron chi connectivity index (χ3n) is 3.31. The summed E-state index contributed by atoms with van der Waals surface area (Å²) in [5.74, 6) is -0.107.